The van der Waals surface area contributed by atoms with Crippen molar-refractivity contribution in [2.24, 2.45) is 0 Å². The smallest absolute Gasteiger partial charge is 0.410 e. The zero-order chi connectivity index (χ0) is 19.1. The van der Waals surface area contributed by atoms with Crippen molar-refractivity contribution < 1.29 is 33.3 Å². The molecule has 0 saturated heterocycles. The Morgan fingerprint density at radius 3 is 1.92 bits per heavy atom. The number of likely N-dealkylation sites (N-methyl/N-ethyl adjacent to an activating group) is 1. The van der Waals surface area contributed by atoms with E-state index in [0.29, 0.717) is 52.8 Å². The molecule has 0 radical (unpaired) electrons. The first-order chi connectivity index (χ1) is 11.8. The molecule has 0 aliphatic carbocycles. The maximum atomic E-state index is 11.7. The molecule has 148 valence electrons. The van der Waals surface area contributed by atoms with Crippen molar-refractivity contribution in [2.45, 2.75) is 39.7 Å². The fraction of sp³-hybridized carbons (Fsp3) is 0.882. The third-order valence-electron chi connectivity index (χ3n) is 2.78. The lowest BCUT2D eigenvalue weighted by Crippen LogP contribution is -2.36. The Morgan fingerprint density at radius 1 is 0.880 bits per heavy atom. The number of hydrogen-bond acceptors (Lipinski definition) is 7. The van der Waals surface area contributed by atoms with E-state index in [1.165, 1.54) is 4.90 Å². The summed E-state index contributed by atoms with van der Waals surface area (Å²) in [5.74, 6) is -0.256. The van der Waals surface area contributed by atoms with Gasteiger partial charge in [0.25, 0.3) is 0 Å². The van der Waals surface area contributed by atoms with Gasteiger partial charge in [0.2, 0.25) is 0 Å². The van der Waals surface area contributed by atoms with Gasteiger partial charge in [-0.3, -0.25) is 4.79 Å². The van der Waals surface area contributed by atoms with Crippen LogP contribution in [-0.2, 0) is 28.5 Å². The molecular weight excluding hydrogens is 330 g/mol. The first kappa shape index (κ1) is 23.6. The molecule has 0 saturated carbocycles. The van der Waals surface area contributed by atoms with Gasteiger partial charge in [-0.1, -0.05) is 0 Å². The summed E-state index contributed by atoms with van der Waals surface area (Å²) in [7, 11) is 1.67. The minimum Gasteiger partial charge on any atom is -0.466 e. The average Bonchev–Trinajstić information content (AvgIpc) is 2.50. The molecule has 0 atom stereocenters. The predicted octanol–water partition coefficient (Wildman–Crippen LogP) is 1.86. The number of hydrogen-bond donors (Lipinski definition) is 0. The van der Waals surface area contributed by atoms with Crippen LogP contribution < -0.4 is 0 Å². The molecule has 0 unspecified atom stereocenters. The van der Waals surface area contributed by atoms with Gasteiger partial charge in [0.1, 0.15) is 5.60 Å². The Labute approximate surface area is 150 Å². The number of rotatable bonds is 13. The van der Waals surface area contributed by atoms with Crippen molar-refractivity contribution in [1.82, 2.24) is 4.90 Å². The van der Waals surface area contributed by atoms with Crippen LogP contribution in [-0.4, -0.2) is 82.4 Å². The van der Waals surface area contributed by atoms with Gasteiger partial charge in [0.15, 0.2) is 0 Å². The van der Waals surface area contributed by atoms with Gasteiger partial charge < -0.3 is 28.6 Å². The maximum absolute atomic E-state index is 11.7. The van der Waals surface area contributed by atoms with E-state index in [4.69, 9.17) is 23.7 Å². The Balaban J connectivity index is 3.39. The third kappa shape index (κ3) is 15.9. The second-order valence-corrected chi connectivity index (χ2v) is 6.29. The summed E-state index contributed by atoms with van der Waals surface area (Å²) in [5.41, 5.74) is -0.502. The van der Waals surface area contributed by atoms with E-state index in [2.05, 4.69) is 0 Å². The van der Waals surface area contributed by atoms with E-state index in [9.17, 15) is 9.59 Å². The van der Waals surface area contributed by atoms with Crippen LogP contribution >= 0.6 is 0 Å². The highest BCUT2D eigenvalue weighted by atomic mass is 16.6. The first-order valence-corrected chi connectivity index (χ1v) is 8.59. The fourth-order valence-electron chi connectivity index (χ4n) is 1.56. The van der Waals surface area contributed by atoms with E-state index in [-0.39, 0.29) is 18.5 Å². The average molecular weight is 363 g/mol. The standard InChI is InChI=1S/C17H33NO7/c1-6-24-15(19)7-9-21-11-13-23-14-12-22-10-8-18(5)16(20)25-17(2,3)4/h6-14H2,1-5H3. The maximum Gasteiger partial charge on any atom is 0.410 e. The molecule has 0 aromatic carbocycles. The van der Waals surface area contributed by atoms with Crippen LogP contribution in [0.1, 0.15) is 34.1 Å². The van der Waals surface area contributed by atoms with Gasteiger partial charge in [-0.15, -0.1) is 0 Å². The molecule has 0 aromatic rings. The lowest BCUT2D eigenvalue weighted by atomic mass is 10.2. The largest absolute Gasteiger partial charge is 0.466 e. The summed E-state index contributed by atoms with van der Waals surface area (Å²) < 4.78 is 26.0. The summed E-state index contributed by atoms with van der Waals surface area (Å²) in [6.45, 7) is 10.6. The molecule has 8 nitrogen and oxygen atoms in total. The second-order valence-electron chi connectivity index (χ2n) is 6.29. The summed E-state index contributed by atoms with van der Waals surface area (Å²) in [6.07, 6.45) is -0.116. The van der Waals surface area contributed by atoms with Crippen molar-refractivity contribution in [3.05, 3.63) is 0 Å². The van der Waals surface area contributed by atoms with Gasteiger partial charge in [-0.2, -0.15) is 0 Å². The second kappa shape index (κ2) is 13.9. The zero-order valence-corrected chi connectivity index (χ0v) is 16.2. The predicted molar refractivity (Wildman–Crippen MR) is 92.6 cm³/mol. The number of nitrogens with zero attached hydrogens (tertiary/aromatic N) is 1. The molecule has 0 aromatic heterocycles. The minimum absolute atomic E-state index is 0.252. The molecule has 1 amide bonds. The Kier molecular flexibility index (Phi) is 13.1. The van der Waals surface area contributed by atoms with Crippen LogP contribution in [0.15, 0.2) is 0 Å². The van der Waals surface area contributed by atoms with Crippen LogP contribution in [0.25, 0.3) is 0 Å². The molecule has 8 heteroatoms. The molecule has 0 N–H and O–H groups in total. The van der Waals surface area contributed by atoms with Gasteiger partial charge >= 0.3 is 12.1 Å². The molecule has 25 heavy (non-hydrogen) atoms. The number of esters is 1. The Bertz CT molecular complexity index is 368. The molecule has 0 fully saturated rings. The summed E-state index contributed by atoms with van der Waals surface area (Å²) in [5, 5.41) is 0. The lowest BCUT2D eigenvalue weighted by Gasteiger charge is -2.24. The highest BCUT2D eigenvalue weighted by Crippen LogP contribution is 2.08. The number of amides is 1. The molecule has 0 aliphatic rings. The topological polar surface area (TPSA) is 83.5 Å². The quantitative estimate of drug-likeness (QED) is 0.365. The van der Waals surface area contributed by atoms with Crippen molar-refractivity contribution in [3.8, 4) is 0 Å². The van der Waals surface area contributed by atoms with Crippen LogP contribution in [0.3, 0.4) is 0 Å². The van der Waals surface area contributed by atoms with E-state index in [0.717, 1.165) is 0 Å². The van der Waals surface area contributed by atoms with E-state index < -0.39 is 5.60 Å². The van der Waals surface area contributed by atoms with Crippen molar-refractivity contribution in [3.63, 3.8) is 0 Å². The van der Waals surface area contributed by atoms with Crippen molar-refractivity contribution in [1.29, 1.82) is 0 Å². The molecule has 0 heterocycles. The van der Waals surface area contributed by atoms with Crippen LogP contribution in [0.5, 0.6) is 0 Å². The number of carbonyl (C=O) groups excluding carboxylic acids is 2. The highest BCUT2D eigenvalue weighted by Gasteiger charge is 2.19. The van der Waals surface area contributed by atoms with Crippen LogP contribution in [0.4, 0.5) is 4.79 Å². The highest BCUT2D eigenvalue weighted by molar-refractivity contribution is 5.69. The van der Waals surface area contributed by atoms with E-state index in [1.54, 1.807) is 14.0 Å². The lowest BCUT2D eigenvalue weighted by molar-refractivity contribution is -0.144. The molecular formula is C17H33NO7. The molecule has 0 rings (SSSR count). The monoisotopic (exact) mass is 363 g/mol. The normalized spacial score (nSPS) is 11.2. The Hall–Kier alpha value is -1.38. The zero-order valence-electron chi connectivity index (χ0n) is 16.2. The summed E-state index contributed by atoms with van der Waals surface area (Å²) in [4.78, 5) is 24.2. The van der Waals surface area contributed by atoms with Crippen molar-refractivity contribution in [2.75, 3.05) is 59.8 Å². The SMILES string of the molecule is CCOC(=O)CCOCCOCCOCCN(C)C(=O)OC(C)(C)C. The van der Waals surface area contributed by atoms with Crippen LogP contribution in [0.2, 0.25) is 0 Å². The van der Waals surface area contributed by atoms with Gasteiger partial charge in [0, 0.05) is 13.6 Å². The Morgan fingerprint density at radius 2 is 1.40 bits per heavy atom. The molecule has 0 bridgehead atoms. The van der Waals surface area contributed by atoms with Gasteiger partial charge in [0.05, 0.1) is 52.7 Å². The van der Waals surface area contributed by atoms with E-state index >= 15 is 0 Å². The van der Waals surface area contributed by atoms with Gasteiger partial charge in [-0.25, -0.2) is 4.79 Å². The minimum atomic E-state index is -0.502. The third-order valence-corrected chi connectivity index (χ3v) is 2.78. The first-order valence-electron chi connectivity index (χ1n) is 8.59. The molecule has 0 spiro atoms. The van der Waals surface area contributed by atoms with Crippen molar-refractivity contribution >= 4 is 12.1 Å². The van der Waals surface area contributed by atoms with Gasteiger partial charge in [-0.05, 0) is 27.7 Å². The summed E-state index contributed by atoms with van der Waals surface area (Å²) >= 11 is 0. The van der Waals surface area contributed by atoms with E-state index in [1.807, 2.05) is 20.8 Å². The summed E-state index contributed by atoms with van der Waals surface area (Å²) in [6, 6.07) is 0. The fourth-order valence-corrected chi connectivity index (χ4v) is 1.56. The number of ether oxygens (including phenoxy) is 5. The van der Waals surface area contributed by atoms with Crippen LogP contribution in [0, 0.1) is 0 Å². The number of carbonyl (C=O) groups is 2. The molecule has 0 aliphatic heterocycles.